The van der Waals surface area contributed by atoms with Crippen molar-refractivity contribution >= 4 is 5.91 Å². The van der Waals surface area contributed by atoms with E-state index in [1.807, 2.05) is 50.2 Å². The van der Waals surface area contributed by atoms with Crippen LogP contribution in [0.2, 0.25) is 0 Å². The molecular formula is C22H30N2O2. The summed E-state index contributed by atoms with van der Waals surface area (Å²) in [6.07, 6.45) is 1.50. The van der Waals surface area contributed by atoms with Crippen molar-refractivity contribution in [2.75, 3.05) is 6.54 Å². The summed E-state index contributed by atoms with van der Waals surface area (Å²) in [5.74, 6) is 0.0377. The highest BCUT2D eigenvalue weighted by Gasteiger charge is 2.32. The number of benzene rings is 2. The summed E-state index contributed by atoms with van der Waals surface area (Å²) < 4.78 is 5.79. The lowest BCUT2D eigenvalue weighted by atomic mass is 9.81. The zero-order valence-electron chi connectivity index (χ0n) is 15.8. The van der Waals surface area contributed by atoms with Crippen LogP contribution in [-0.2, 0) is 29.3 Å². The summed E-state index contributed by atoms with van der Waals surface area (Å²) in [5, 5.41) is 3.04. The summed E-state index contributed by atoms with van der Waals surface area (Å²) in [5.41, 5.74) is 8.71. The molecule has 0 aromatic heterocycles. The maximum atomic E-state index is 12.5. The van der Waals surface area contributed by atoms with Gasteiger partial charge < -0.3 is 15.8 Å². The second-order valence-electron chi connectivity index (χ2n) is 6.67. The quantitative estimate of drug-likeness (QED) is 0.682. The van der Waals surface area contributed by atoms with Gasteiger partial charge in [-0.3, -0.25) is 4.79 Å². The van der Waals surface area contributed by atoms with Crippen molar-refractivity contribution in [2.45, 2.75) is 46.4 Å². The first-order valence-electron chi connectivity index (χ1n) is 9.31. The Balaban J connectivity index is 1.87. The van der Waals surface area contributed by atoms with Gasteiger partial charge in [0.25, 0.3) is 0 Å². The lowest BCUT2D eigenvalue weighted by Gasteiger charge is -2.28. The van der Waals surface area contributed by atoms with Gasteiger partial charge in [0, 0.05) is 13.1 Å². The minimum Gasteiger partial charge on any atom is -0.372 e. The van der Waals surface area contributed by atoms with Crippen LogP contribution >= 0.6 is 0 Å². The van der Waals surface area contributed by atoms with Gasteiger partial charge in [0.1, 0.15) is 0 Å². The molecule has 0 saturated heterocycles. The van der Waals surface area contributed by atoms with E-state index in [1.165, 1.54) is 0 Å². The van der Waals surface area contributed by atoms with E-state index in [-0.39, 0.29) is 5.91 Å². The number of hydrogen-bond donors (Lipinski definition) is 2. The van der Waals surface area contributed by atoms with E-state index in [1.54, 1.807) is 0 Å². The van der Waals surface area contributed by atoms with E-state index < -0.39 is 5.41 Å². The Bertz CT molecular complexity index is 673. The third-order valence-corrected chi connectivity index (χ3v) is 5.05. The first-order valence-corrected chi connectivity index (χ1v) is 9.31. The average Bonchev–Trinajstić information content (AvgIpc) is 2.69. The largest absolute Gasteiger partial charge is 0.372 e. The highest BCUT2D eigenvalue weighted by molar-refractivity contribution is 5.82. The van der Waals surface area contributed by atoms with Crippen LogP contribution in [0.1, 0.15) is 43.4 Å². The Hall–Kier alpha value is -2.17. The molecule has 2 rings (SSSR count). The molecule has 4 nitrogen and oxygen atoms in total. The molecule has 0 radical (unpaired) electrons. The van der Waals surface area contributed by atoms with Gasteiger partial charge in [-0.25, -0.2) is 0 Å². The van der Waals surface area contributed by atoms with E-state index in [4.69, 9.17) is 10.5 Å². The maximum absolute atomic E-state index is 12.5. The zero-order valence-corrected chi connectivity index (χ0v) is 15.8. The first-order chi connectivity index (χ1) is 12.6. The van der Waals surface area contributed by atoms with E-state index in [0.717, 1.165) is 29.5 Å². The Morgan fingerprint density at radius 2 is 1.58 bits per heavy atom. The summed E-state index contributed by atoms with van der Waals surface area (Å²) in [7, 11) is 0. The molecule has 0 aliphatic rings. The molecule has 0 saturated carbocycles. The van der Waals surface area contributed by atoms with Crippen molar-refractivity contribution in [2.24, 2.45) is 11.1 Å². The van der Waals surface area contributed by atoms with Crippen LogP contribution in [0, 0.1) is 5.41 Å². The van der Waals surface area contributed by atoms with Gasteiger partial charge in [0.05, 0.1) is 18.6 Å². The van der Waals surface area contributed by atoms with Crippen LogP contribution in [0.5, 0.6) is 0 Å². The summed E-state index contributed by atoms with van der Waals surface area (Å²) >= 11 is 0. The van der Waals surface area contributed by atoms with Crippen molar-refractivity contribution in [3.05, 3.63) is 71.3 Å². The predicted molar refractivity (Wildman–Crippen MR) is 105 cm³/mol. The number of carbonyl (C=O) groups excluding carboxylic acids is 1. The molecule has 2 aromatic carbocycles. The molecule has 1 amide bonds. The van der Waals surface area contributed by atoms with Gasteiger partial charge in [-0.1, -0.05) is 68.4 Å². The molecular weight excluding hydrogens is 324 g/mol. The van der Waals surface area contributed by atoms with Crippen molar-refractivity contribution in [1.82, 2.24) is 5.32 Å². The zero-order chi connectivity index (χ0) is 18.8. The summed E-state index contributed by atoms with van der Waals surface area (Å²) in [4.78, 5) is 12.5. The number of amides is 1. The van der Waals surface area contributed by atoms with Crippen molar-refractivity contribution in [3.8, 4) is 0 Å². The van der Waals surface area contributed by atoms with Gasteiger partial charge in [-0.2, -0.15) is 0 Å². The molecule has 2 aromatic rings. The highest BCUT2D eigenvalue weighted by atomic mass is 16.5. The van der Waals surface area contributed by atoms with Gasteiger partial charge in [-0.15, -0.1) is 0 Å². The molecule has 3 N–H and O–H groups in total. The number of nitrogens with two attached hydrogens (primary N) is 1. The third kappa shape index (κ3) is 5.41. The van der Waals surface area contributed by atoms with Crippen LogP contribution in [0.15, 0.2) is 54.6 Å². The van der Waals surface area contributed by atoms with E-state index in [2.05, 4.69) is 23.5 Å². The fraction of sp³-hybridized carbons (Fsp3) is 0.409. The molecule has 0 fully saturated rings. The number of carbonyl (C=O) groups is 1. The number of ether oxygens (including phenoxy) is 1. The molecule has 140 valence electrons. The van der Waals surface area contributed by atoms with Gasteiger partial charge >= 0.3 is 0 Å². The predicted octanol–water partition coefficient (Wildman–Crippen LogP) is 3.78. The van der Waals surface area contributed by atoms with E-state index in [0.29, 0.717) is 26.3 Å². The highest BCUT2D eigenvalue weighted by Crippen LogP contribution is 2.25. The Kier molecular flexibility index (Phi) is 7.82. The Morgan fingerprint density at radius 3 is 2.23 bits per heavy atom. The smallest absolute Gasteiger partial charge is 0.227 e. The molecule has 0 bridgehead atoms. The molecule has 4 heteroatoms. The number of rotatable bonds is 10. The third-order valence-electron chi connectivity index (χ3n) is 5.05. The normalized spacial score (nSPS) is 11.3. The Labute approximate surface area is 156 Å². The standard InChI is InChI=1S/C22H30N2O2/c1-3-22(4-2,17-23)21(25)24-14-19-11-8-12-20(13-19)16-26-15-18-9-6-5-7-10-18/h5-13H,3-4,14-17,23H2,1-2H3,(H,24,25). The van der Waals surface area contributed by atoms with Crippen molar-refractivity contribution < 1.29 is 9.53 Å². The summed E-state index contributed by atoms with van der Waals surface area (Å²) in [6.45, 7) is 6.05. The second kappa shape index (κ2) is 10.1. The number of hydrogen-bond acceptors (Lipinski definition) is 3. The van der Waals surface area contributed by atoms with Crippen LogP contribution in [-0.4, -0.2) is 12.5 Å². The maximum Gasteiger partial charge on any atom is 0.227 e. The molecule has 0 atom stereocenters. The topological polar surface area (TPSA) is 64.4 Å². The molecule has 0 aliphatic carbocycles. The van der Waals surface area contributed by atoms with Crippen molar-refractivity contribution in [3.63, 3.8) is 0 Å². The molecule has 0 heterocycles. The molecule has 0 unspecified atom stereocenters. The SMILES string of the molecule is CCC(CC)(CN)C(=O)NCc1cccc(COCc2ccccc2)c1. The molecule has 26 heavy (non-hydrogen) atoms. The van der Waals surface area contributed by atoms with Gasteiger partial charge in [0.2, 0.25) is 5.91 Å². The molecule has 0 aliphatic heterocycles. The minimum absolute atomic E-state index is 0.0377. The monoisotopic (exact) mass is 354 g/mol. The lowest BCUT2D eigenvalue weighted by molar-refractivity contribution is -0.131. The Morgan fingerprint density at radius 1 is 0.962 bits per heavy atom. The molecule has 0 spiro atoms. The number of nitrogens with one attached hydrogen (secondary N) is 1. The summed E-state index contributed by atoms with van der Waals surface area (Å²) in [6, 6.07) is 18.3. The van der Waals surface area contributed by atoms with Crippen LogP contribution < -0.4 is 11.1 Å². The van der Waals surface area contributed by atoms with E-state index >= 15 is 0 Å². The fourth-order valence-corrected chi connectivity index (χ4v) is 3.01. The van der Waals surface area contributed by atoms with Crippen LogP contribution in [0.4, 0.5) is 0 Å². The second-order valence-corrected chi connectivity index (χ2v) is 6.67. The van der Waals surface area contributed by atoms with Crippen molar-refractivity contribution in [1.29, 1.82) is 0 Å². The first kappa shape index (κ1) is 20.1. The van der Waals surface area contributed by atoms with Gasteiger partial charge in [0.15, 0.2) is 0 Å². The average molecular weight is 354 g/mol. The minimum atomic E-state index is -0.462. The van der Waals surface area contributed by atoms with Crippen LogP contribution in [0.3, 0.4) is 0 Å². The van der Waals surface area contributed by atoms with E-state index in [9.17, 15) is 4.79 Å². The van der Waals surface area contributed by atoms with Crippen LogP contribution in [0.25, 0.3) is 0 Å². The fourth-order valence-electron chi connectivity index (χ4n) is 3.01. The lowest BCUT2D eigenvalue weighted by Crippen LogP contribution is -2.45. The van der Waals surface area contributed by atoms with Gasteiger partial charge in [-0.05, 0) is 29.5 Å².